The smallest absolute Gasteiger partial charge is 0.306 e. The fourth-order valence-corrected chi connectivity index (χ4v) is 7.22. The van der Waals surface area contributed by atoms with Crippen molar-refractivity contribution >= 4 is 5.97 Å². The molecule has 14 heteroatoms. The lowest BCUT2D eigenvalue weighted by atomic mass is 9.98. The molecule has 0 saturated carbocycles. The molecule has 0 aliphatic carbocycles. The molecule has 0 spiro atoms. The lowest BCUT2D eigenvalue weighted by molar-refractivity contribution is -0.332. The molecule has 2 fully saturated rings. The third-order valence-electron chi connectivity index (χ3n) is 11.1. The quantitative estimate of drug-likeness (QED) is 0.0218. The van der Waals surface area contributed by atoms with E-state index in [2.05, 4.69) is 62.5 Å². The molecule has 2 saturated heterocycles. The van der Waals surface area contributed by atoms with Crippen molar-refractivity contribution in [2.45, 2.75) is 216 Å². The van der Waals surface area contributed by atoms with E-state index in [1.54, 1.807) is 0 Å². The minimum Gasteiger partial charge on any atom is -0.457 e. The number of hydrogen-bond donors (Lipinski definition) is 7. The number of unbranched alkanes of at least 4 members (excludes halogenated alkanes) is 14. The Hall–Kier alpha value is -2.05. The number of hydrogen-bond acceptors (Lipinski definition) is 14. The number of carbonyl (C=O) groups is 1. The van der Waals surface area contributed by atoms with Gasteiger partial charge in [0.25, 0.3) is 0 Å². The first-order chi connectivity index (χ1) is 30.1. The largest absolute Gasteiger partial charge is 0.457 e. The Morgan fingerprint density at radius 1 is 0.548 bits per heavy atom. The molecular formula is C48H84O14. The second kappa shape index (κ2) is 36.2. The van der Waals surface area contributed by atoms with Crippen LogP contribution in [0.5, 0.6) is 0 Å². The Labute approximate surface area is 372 Å². The fourth-order valence-electron chi connectivity index (χ4n) is 7.22. The van der Waals surface area contributed by atoms with Crippen molar-refractivity contribution in [2.75, 3.05) is 33.0 Å². The highest BCUT2D eigenvalue weighted by Crippen LogP contribution is 2.26. The molecule has 0 amide bonds. The van der Waals surface area contributed by atoms with Gasteiger partial charge in [-0.15, -0.1) is 0 Å². The van der Waals surface area contributed by atoms with Gasteiger partial charge in [0.1, 0.15) is 54.9 Å². The Bertz CT molecular complexity index is 1210. The number of aliphatic hydroxyl groups excluding tert-OH is 7. The highest BCUT2D eigenvalue weighted by atomic mass is 16.7. The van der Waals surface area contributed by atoms with Crippen molar-refractivity contribution in [2.24, 2.45) is 0 Å². The van der Waals surface area contributed by atoms with Gasteiger partial charge in [-0.1, -0.05) is 140 Å². The molecule has 0 aromatic carbocycles. The van der Waals surface area contributed by atoms with Crippen LogP contribution < -0.4 is 0 Å². The van der Waals surface area contributed by atoms with Gasteiger partial charge in [-0.2, -0.15) is 0 Å². The summed E-state index contributed by atoms with van der Waals surface area (Å²) in [5.74, 6) is -0.417. The molecule has 2 aliphatic heterocycles. The van der Waals surface area contributed by atoms with Crippen LogP contribution in [0.2, 0.25) is 0 Å². The number of esters is 1. The molecule has 2 heterocycles. The zero-order valence-electron chi connectivity index (χ0n) is 37.8. The molecular weight excluding hydrogens is 801 g/mol. The van der Waals surface area contributed by atoms with Gasteiger partial charge in [0.05, 0.1) is 26.4 Å². The van der Waals surface area contributed by atoms with Crippen LogP contribution in [0.15, 0.2) is 48.6 Å². The van der Waals surface area contributed by atoms with Crippen LogP contribution in [0.4, 0.5) is 0 Å². The van der Waals surface area contributed by atoms with Crippen molar-refractivity contribution in [1.82, 2.24) is 0 Å². The Kier molecular flexibility index (Phi) is 32.7. The summed E-state index contributed by atoms with van der Waals surface area (Å²) in [7, 11) is 0. The van der Waals surface area contributed by atoms with Gasteiger partial charge in [-0.05, 0) is 51.4 Å². The van der Waals surface area contributed by atoms with E-state index < -0.39 is 86.7 Å². The Morgan fingerprint density at radius 3 is 1.61 bits per heavy atom. The third-order valence-corrected chi connectivity index (χ3v) is 11.1. The number of aliphatic hydroxyl groups is 7. The molecule has 62 heavy (non-hydrogen) atoms. The Balaban J connectivity index is 1.83. The van der Waals surface area contributed by atoms with Crippen LogP contribution in [-0.2, 0) is 33.2 Å². The van der Waals surface area contributed by atoms with Gasteiger partial charge < -0.3 is 64.2 Å². The molecule has 0 radical (unpaired) electrons. The summed E-state index contributed by atoms with van der Waals surface area (Å²) in [6.45, 7) is 3.50. The zero-order chi connectivity index (χ0) is 45.2. The van der Waals surface area contributed by atoms with Gasteiger partial charge in [-0.3, -0.25) is 4.79 Å². The first-order valence-electron chi connectivity index (χ1n) is 23.7. The van der Waals surface area contributed by atoms with E-state index in [-0.39, 0.29) is 19.6 Å². The molecule has 11 unspecified atom stereocenters. The first-order valence-corrected chi connectivity index (χ1v) is 23.7. The van der Waals surface area contributed by atoms with Crippen molar-refractivity contribution < 1.29 is 69.0 Å². The van der Waals surface area contributed by atoms with Crippen molar-refractivity contribution in [3.8, 4) is 0 Å². The highest BCUT2D eigenvalue weighted by molar-refractivity contribution is 5.69. The van der Waals surface area contributed by atoms with Crippen LogP contribution in [0.3, 0.4) is 0 Å². The highest BCUT2D eigenvalue weighted by Gasteiger charge is 2.47. The number of allylic oxidation sites excluding steroid dienone is 8. The average Bonchev–Trinajstić information content (AvgIpc) is 3.27. The van der Waals surface area contributed by atoms with E-state index >= 15 is 0 Å². The fraction of sp³-hybridized carbons (Fsp3) is 0.812. The molecule has 2 rings (SSSR count). The molecule has 0 aromatic heterocycles. The lowest BCUT2D eigenvalue weighted by Crippen LogP contribution is -2.61. The Morgan fingerprint density at radius 2 is 1.05 bits per heavy atom. The van der Waals surface area contributed by atoms with E-state index in [0.29, 0.717) is 13.0 Å². The predicted molar refractivity (Wildman–Crippen MR) is 238 cm³/mol. The number of ether oxygens (including phenoxy) is 6. The van der Waals surface area contributed by atoms with Gasteiger partial charge in [0, 0.05) is 13.0 Å². The number of rotatable bonds is 36. The minimum absolute atomic E-state index is 0.0452. The van der Waals surface area contributed by atoms with Crippen molar-refractivity contribution in [3.05, 3.63) is 48.6 Å². The van der Waals surface area contributed by atoms with Gasteiger partial charge in [0.2, 0.25) is 0 Å². The average molecular weight is 885 g/mol. The van der Waals surface area contributed by atoms with E-state index in [1.165, 1.54) is 64.2 Å². The maximum absolute atomic E-state index is 12.9. The second-order valence-electron chi connectivity index (χ2n) is 16.6. The molecule has 0 bridgehead atoms. The standard InChI is InChI=1S/C48H84O14/c1-3-5-7-9-11-13-15-17-18-19-21-23-25-27-29-31-40(50)60-37(34-57-32-30-28-26-24-22-20-16-14-12-10-8-6-4-2)35-58-47-46(56)44(54)42(52)39(62-47)36-59-48-45(55)43(53)41(51)38(33-49)61-48/h5,7,11,13,17-18,21,23,37-39,41-49,51-56H,3-4,6,8-10,12,14-16,19-20,22,24-36H2,1-2H3/b7-5-,13-11-,18-17-,23-21-. The molecule has 2 aliphatic rings. The zero-order valence-corrected chi connectivity index (χ0v) is 37.8. The van der Waals surface area contributed by atoms with Crippen LogP contribution >= 0.6 is 0 Å². The van der Waals surface area contributed by atoms with Gasteiger partial charge in [0.15, 0.2) is 12.6 Å². The van der Waals surface area contributed by atoms with Gasteiger partial charge in [-0.25, -0.2) is 0 Å². The van der Waals surface area contributed by atoms with E-state index in [4.69, 9.17) is 28.4 Å². The maximum Gasteiger partial charge on any atom is 0.306 e. The van der Waals surface area contributed by atoms with E-state index in [0.717, 1.165) is 57.8 Å². The van der Waals surface area contributed by atoms with Crippen molar-refractivity contribution in [1.29, 1.82) is 0 Å². The van der Waals surface area contributed by atoms with E-state index in [1.807, 2.05) is 0 Å². The topological polar surface area (TPSA) is 214 Å². The summed E-state index contributed by atoms with van der Waals surface area (Å²) >= 11 is 0. The van der Waals surface area contributed by atoms with Crippen LogP contribution in [-0.4, -0.2) is 142 Å². The van der Waals surface area contributed by atoms with Crippen LogP contribution in [0, 0.1) is 0 Å². The lowest BCUT2D eigenvalue weighted by Gasteiger charge is -2.42. The SMILES string of the molecule is CC/C=C\C/C=C\C/C=C\C/C=C\CCCCC(=O)OC(COCCCCCCCCCCCCCCC)COC1OC(COC2OC(CO)C(O)C(O)C2O)C(O)C(O)C1O. The predicted octanol–water partition coefficient (Wildman–Crippen LogP) is 6.01. The molecule has 14 nitrogen and oxygen atoms in total. The van der Waals surface area contributed by atoms with Crippen LogP contribution in [0.25, 0.3) is 0 Å². The van der Waals surface area contributed by atoms with Crippen molar-refractivity contribution in [3.63, 3.8) is 0 Å². The molecule has 11 atom stereocenters. The summed E-state index contributed by atoms with van der Waals surface area (Å²) in [6, 6.07) is 0. The summed E-state index contributed by atoms with van der Waals surface area (Å²) in [5, 5.41) is 71.9. The summed E-state index contributed by atoms with van der Waals surface area (Å²) in [4.78, 5) is 12.9. The van der Waals surface area contributed by atoms with E-state index in [9.17, 15) is 40.5 Å². The minimum atomic E-state index is -1.71. The molecule has 0 aromatic rings. The monoisotopic (exact) mass is 885 g/mol. The summed E-state index contributed by atoms with van der Waals surface area (Å²) in [6.07, 6.45) is 23.2. The molecule has 7 N–H and O–H groups in total. The molecule has 360 valence electrons. The normalized spacial score (nSPS) is 27.6. The third kappa shape index (κ3) is 24.3. The number of carbonyl (C=O) groups excluding carboxylic acids is 1. The van der Waals surface area contributed by atoms with Crippen LogP contribution in [0.1, 0.15) is 149 Å². The second-order valence-corrected chi connectivity index (χ2v) is 16.6. The summed E-state index contributed by atoms with van der Waals surface area (Å²) in [5.41, 5.74) is 0. The summed E-state index contributed by atoms with van der Waals surface area (Å²) < 4.78 is 34.1. The van der Waals surface area contributed by atoms with Gasteiger partial charge >= 0.3 is 5.97 Å². The maximum atomic E-state index is 12.9. The first kappa shape index (κ1) is 56.1.